The molecule has 0 radical (unpaired) electrons. The number of nitrogens with one attached hydrogen (secondary N) is 2. The molecular weight excluding hydrogens is 285 g/mol. The summed E-state index contributed by atoms with van der Waals surface area (Å²) in [7, 11) is 0. The van der Waals surface area contributed by atoms with Gasteiger partial charge in [0.25, 0.3) is 5.69 Å². The van der Waals surface area contributed by atoms with Crippen molar-refractivity contribution < 1.29 is 13.9 Å². The minimum atomic E-state index is -1.29. The Labute approximate surface area is 118 Å². The van der Waals surface area contributed by atoms with Gasteiger partial charge in [0.2, 0.25) is 0 Å². The van der Waals surface area contributed by atoms with Gasteiger partial charge in [-0.1, -0.05) is 6.92 Å². The molecule has 0 aromatic heterocycles. The van der Waals surface area contributed by atoms with Crippen LogP contribution in [0.25, 0.3) is 0 Å². The fraction of sp³-hybridized carbons (Fsp3) is 0.417. The lowest BCUT2D eigenvalue weighted by atomic mass is 10.1. The zero-order valence-corrected chi connectivity index (χ0v) is 11.6. The maximum Gasteiger partial charge on any atom is 0.269 e. The Morgan fingerprint density at radius 2 is 2.30 bits per heavy atom. The van der Waals surface area contributed by atoms with Gasteiger partial charge in [0.1, 0.15) is 23.4 Å². The first-order valence-corrected chi connectivity index (χ1v) is 7.48. The molecule has 8 heteroatoms. The lowest BCUT2D eigenvalue weighted by molar-refractivity contribution is -0.385. The van der Waals surface area contributed by atoms with Crippen molar-refractivity contribution in [3.8, 4) is 0 Å². The van der Waals surface area contributed by atoms with E-state index in [0.717, 1.165) is 18.2 Å². The molecule has 6 nitrogen and oxygen atoms in total. The van der Waals surface area contributed by atoms with Crippen molar-refractivity contribution in [1.29, 1.82) is 5.41 Å². The molecule has 3 unspecified atom stereocenters. The largest absolute Gasteiger partial charge is 0.616 e. The maximum absolute atomic E-state index is 13.8. The third-order valence-electron chi connectivity index (χ3n) is 3.24. The van der Waals surface area contributed by atoms with Crippen LogP contribution in [-0.4, -0.2) is 26.3 Å². The van der Waals surface area contributed by atoms with Crippen molar-refractivity contribution in [3.05, 3.63) is 39.7 Å². The van der Waals surface area contributed by atoms with Crippen LogP contribution in [0.1, 0.15) is 24.9 Å². The first kappa shape index (κ1) is 14.7. The third kappa shape index (κ3) is 2.75. The SMILES string of the molecule is CCC1C(=N)NC(c2cc([N+](=O)[O-])ccc2F)C[S+]1[O-]. The van der Waals surface area contributed by atoms with Crippen LogP contribution in [0.5, 0.6) is 0 Å². The van der Waals surface area contributed by atoms with Gasteiger partial charge >= 0.3 is 0 Å². The summed E-state index contributed by atoms with van der Waals surface area (Å²) in [5, 5.41) is 21.0. The van der Waals surface area contributed by atoms with Gasteiger partial charge in [0.05, 0.1) is 4.92 Å². The molecule has 1 saturated heterocycles. The molecule has 20 heavy (non-hydrogen) atoms. The van der Waals surface area contributed by atoms with Crippen LogP contribution in [-0.2, 0) is 11.2 Å². The number of nitro benzene ring substituents is 1. The minimum absolute atomic E-state index is 0.0758. The molecule has 1 aromatic rings. The van der Waals surface area contributed by atoms with Crippen molar-refractivity contribution in [1.82, 2.24) is 5.32 Å². The number of nitro groups is 1. The molecule has 0 saturated carbocycles. The highest BCUT2D eigenvalue weighted by Crippen LogP contribution is 2.28. The summed E-state index contributed by atoms with van der Waals surface area (Å²) in [6, 6.07) is 2.56. The second-order valence-corrected chi connectivity index (χ2v) is 6.18. The van der Waals surface area contributed by atoms with Crippen molar-refractivity contribution >= 4 is 22.7 Å². The first-order chi connectivity index (χ1) is 9.43. The second kappa shape index (κ2) is 5.76. The summed E-state index contributed by atoms with van der Waals surface area (Å²) in [4.78, 5) is 10.1. The van der Waals surface area contributed by atoms with E-state index in [1.165, 1.54) is 0 Å². The average Bonchev–Trinajstić information content (AvgIpc) is 2.38. The Bertz CT molecular complexity index is 555. The van der Waals surface area contributed by atoms with Gasteiger partial charge < -0.3 is 9.87 Å². The van der Waals surface area contributed by atoms with E-state index in [1.807, 2.05) is 6.92 Å². The Balaban J connectivity index is 2.30. The number of halogens is 1. The predicted octanol–water partition coefficient (Wildman–Crippen LogP) is 1.88. The summed E-state index contributed by atoms with van der Waals surface area (Å²) >= 11 is -1.29. The quantitative estimate of drug-likeness (QED) is 0.505. The van der Waals surface area contributed by atoms with Crippen LogP contribution in [0.15, 0.2) is 18.2 Å². The van der Waals surface area contributed by atoms with E-state index in [9.17, 15) is 19.1 Å². The van der Waals surface area contributed by atoms with Crippen molar-refractivity contribution in [2.75, 3.05) is 5.75 Å². The maximum atomic E-state index is 13.8. The Hall–Kier alpha value is -1.67. The van der Waals surface area contributed by atoms with E-state index in [4.69, 9.17) is 5.41 Å². The first-order valence-electron chi connectivity index (χ1n) is 6.10. The molecular formula is C12H14FN3O3S. The molecule has 1 heterocycles. The Morgan fingerprint density at radius 1 is 1.60 bits per heavy atom. The zero-order chi connectivity index (χ0) is 14.9. The lowest BCUT2D eigenvalue weighted by Crippen LogP contribution is -2.50. The standard InChI is InChI=1S/C12H14FN3O3S/c1-2-11-12(14)15-10(6-20(11)19)8-5-7(16(17)18)3-4-9(8)13/h3-5,10-11H,2,6H2,1H3,(H2,14,15). The number of hydrogen-bond acceptors (Lipinski definition) is 4. The van der Waals surface area contributed by atoms with Gasteiger partial charge in [0, 0.05) is 17.7 Å². The number of amidine groups is 1. The van der Waals surface area contributed by atoms with Crippen LogP contribution < -0.4 is 5.32 Å². The molecule has 0 bridgehead atoms. The molecule has 3 atom stereocenters. The summed E-state index contributed by atoms with van der Waals surface area (Å²) in [5.41, 5.74) is -0.148. The number of nitrogens with zero attached hydrogens (tertiary/aromatic N) is 1. The lowest BCUT2D eigenvalue weighted by Gasteiger charge is -2.33. The highest BCUT2D eigenvalue weighted by Gasteiger charge is 2.37. The van der Waals surface area contributed by atoms with Crippen LogP contribution in [0.3, 0.4) is 0 Å². The molecule has 1 aliphatic rings. The molecule has 2 rings (SSSR count). The number of non-ortho nitro benzene ring substituents is 1. The van der Waals surface area contributed by atoms with Gasteiger partial charge in [-0.05, 0) is 23.7 Å². The zero-order valence-electron chi connectivity index (χ0n) is 10.8. The van der Waals surface area contributed by atoms with E-state index in [2.05, 4.69) is 5.32 Å². The van der Waals surface area contributed by atoms with Crippen LogP contribution in [0, 0.1) is 21.3 Å². The topological polar surface area (TPSA) is 102 Å². The molecule has 0 aliphatic carbocycles. The van der Waals surface area contributed by atoms with E-state index in [-0.39, 0.29) is 28.1 Å². The van der Waals surface area contributed by atoms with Crippen molar-refractivity contribution in [2.24, 2.45) is 0 Å². The predicted molar refractivity (Wildman–Crippen MR) is 73.7 cm³/mol. The van der Waals surface area contributed by atoms with Gasteiger partial charge in [-0.3, -0.25) is 15.5 Å². The van der Waals surface area contributed by atoms with Gasteiger partial charge in [-0.25, -0.2) is 4.39 Å². The fourth-order valence-electron chi connectivity index (χ4n) is 2.20. The molecule has 108 valence electrons. The average molecular weight is 299 g/mol. The molecule has 0 spiro atoms. The molecule has 2 N–H and O–H groups in total. The summed E-state index contributed by atoms with van der Waals surface area (Å²) in [6.07, 6.45) is 0.558. The van der Waals surface area contributed by atoms with Crippen LogP contribution in [0.4, 0.5) is 10.1 Å². The fourth-order valence-corrected chi connectivity index (χ4v) is 3.73. The summed E-state index contributed by atoms with van der Waals surface area (Å²) in [6.45, 7) is 1.83. The third-order valence-corrected chi connectivity index (χ3v) is 5.10. The smallest absolute Gasteiger partial charge is 0.269 e. The van der Waals surface area contributed by atoms with Gasteiger partial charge in [0.15, 0.2) is 5.25 Å². The molecule has 0 amide bonds. The van der Waals surface area contributed by atoms with Gasteiger partial charge in [-0.2, -0.15) is 0 Å². The Kier molecular flexibility index (Phi) is 4.24. The molecule has 1 fully saturated rings. The Morgan fingerprint density at radius 3 is 2.85 bits per heavy atom. The highest BCUT2D eigenvalue weighted by molar-refractivity contribution is 7.92. The van der Waals surface area contributed by atoms with Crippen LogP contribution >= 0.6 is 0 Å². The van der Waals surface area contributed by atoms with Crippen molar-refractivity contribution in [3.63, 3.8) is 0 Å². The van der Waals surface area contributed by atoms with E-state index < -0.39 is 28.0 Å². The van der Waals surface area contributed by atoms with E-state index in [1.54, 1.807) is 0 Å². The minimum Gasteiger partial charge on any atom is -0.616 e. The molecule has 1 aliphatic heterocycles. The highest BCUT2D eigenvalue weighted by atomic mass is 32.2. The number of benzene rings is 1. The normalized spacial score (nSPS) is 26.1. The van der Waals surface area contributed by atoms with Gasteiger partial charge in [-0.15, -0.1) is 0 Å². The number of hydrogen-bond donors (Lipinski definition) is 2. The number of rotatable bonds is 3. The van der Waals surface area contributed by atoms with Crippen LogP contribution in [0.2, 0.25) is 0 Å². The van der Waals surface area contributed by atoms with E-state index in [0.29, 0.717) is 6.42 Å². The second-order valence-electron chi connectivity index (χ2n) is 4.52. The molecule has 1 aromatic carbocycles. The summed E-state index contributed by atoms with van der Waals surface area (Å²) < 4.78 is 25.8. The summed E-state index contributed by atoms with van der Waals surface area (Å²) in [5.74, 6) is -0.375. The van der Waals surface area contributed by atoms with E-state index >= 15 is 0 Å². The monoisotopic (exact) mass is 299 g/mol. The van der Waals surface area contributed by atoms with Crippen molar-refractivity contribution in [2.45, 2.75) is 24.6 Å².